The van der Waals surface area contributed by atoms with E-state index in [2.05, 4.69) is 12.4 Å². The van der Waals surface area contributed by atoms with E-state index in [0.29, 0.717) is 29.2 Å². The number of β-lactam (4-membered cyclic amide) rings is 2. The monoisotopic (exact) mass is 509 g/mol. The molecule has 5 aliphatic heterocycles. The number of aliphatic hydroxyl groups excluding tert-OH is 1. The lowest BCUT2D eigenvalue weighted by Gasteiger charge is -2.52. The Labute approximate surface area is 204 Å². The fraction of sp³-hybridized carbons (Fsp3) is 0.619. The molecule has 0 bridgehead atoms. The number of fused-ring (bicyclic) bond motifs is 2. The number of quaternary nitrogens is 1. The molecule has 0 aromatic heterocycles. The van der Waals surface area contributed by atoms with Gasteiger partial charge in [-0.2, -0.15) is 0 Å². The maximum Gasteiger partial charge on any atom is 0.268 e. The maximum absolute atomic E-state index is 13.1. The van der Waals surface area contributed by atoms with Gasteiger partial charge in [0.15, 0.2) is 0 Å². The number of nitrogens with one attached hydrogen (secondary N) is 1. The zero-order chi connectivity index (χ0) is 24.4. The minimum Gasteiger partial charge on any atom is -0.543 e. The summed E-state index contributed by atoms with van der Waals surface area (Å²) in [5.74, 6) is -2.18. The quantitative estimate of drug-likeness (QED) is 0.253. The van der Waals surface area contributed by atoms with E-state index in [4.69, 9.17) is 5.73 Å². The number of likely N-dealkylation sites (tertiary alicyclic amines) is 1. The number of carboxylic acids is 1. The van der Waals surface area contributed by atoms with Crippen LogP contribution >= 0.6 is 23.5 Å². The van der Waals surface area contributed by atoms with E-state index in [9.17, 15) is 29.4 Å². The van der Waals surface area contributed by atoms with Crippen molar-refractivity contribution in [3.8, 4) is 0 Å². The molecule has 0 unspecified atom stereocenters. The number of hydrogen-bond acceptors (Lipinski definition) is 9. The lowest BCUT2D eigenvalue weighted by atomic mass is 10.0. The van der Waals surface area contributed by atoms with Crippen molar-refractivity contribution < 1.29 is 33.9 Å². The summed E-state index contributed by atoms with van der Waals surface area (Å²) in [5, 5.41) is 23.5. The number of aliphatic hydroxyl groups is 1. The summed E-state index contributed by atoms with van der Waals surface area (Å²) in [5.41, 5.74) is 6.86. The summed E-state index contributed by atoms with van der Waals surface area (Å²) in [7, 11) is 2.09. The summed E-state index contributed by atoms with van der Waals surface area (Å²) in [4.78, 5) is 53.0. The van der Waals surface area contributed by atoms with Crippen molar-refractivity contribution in [3.05, 3.63) is 22.5 Å². The standard InChI is InChI=1S/C21H27N5O6S2/c1-26(4-2-3-5-26)6-10-8-34-20-13(18(30)25(20)15(10)21(31)32)23-16(28)14-11(7-27)9-33-19-12(22)17(29)24(14)19/h12-13,19-20,27H,2-9,22H2,1H3,(H-,23,28,31,32)/t12-,13-,19-,20-/m1/s1. The van der Waals surface area contributed by atoms with Gasteiger partial charge in [0.1, 0.15) is 35.1 Å². The van der Waals surface area contributed by atoms with E-state index in [-0.39, 0.29) is 16.8 Å². The first-order valence-electron chi connectivity index (χ1n) is 11.2. The average Bonchev–Trinajstić information content (AvgIpc) is 3.25. The van der Waals surface area contributed by atoms with E-state index in [1.54, 1.807) is 0 Å². The molecule has 3 amide bonds. The topological polar surface area (TPSA) is 156 Å². The predicted octanol–water partition coefficient (Wildman–Crippen LogP) is -2.88. The number of hydrogen-bond donors (Lipinski definition) is 3. The minimum atomic E-state index is -1.39. The molecule has 5 rings (SSSR count). The number of carbonyl (C=O) groups excluding carboxylic acids is 4. The van der Waals surface area contributed by atoms with Crippen molar-refractivity contribution in [2.75, 3.05) is 44.8 Å². The summed E-state index contributed by atoms with van der Waals surface area (Å²) in [6.45, 7) is 2.07. The van der Waals surface area contributed by atoms with Crippen LogP contribution in [0.5, 0.6) is 0 Å². The Bertz CT molecular complexity index is 1040. The summed E-state index contributed by atoms with van der Waals surface area (Å²) in [6.07, 6.45) is 2.18. The van der Waals surface area contributed by atoms with Crippen LogP contribution in [0.3, 0.4) is 0 Å². The highest BCUT2D eigenvalue weighted by atomic mass is 32.2. The largest absolute Gasteiger partial charge is 0.543 e. The Kier molecular flexibility index (Phi) is 5.96. The molecule has 3 fully saturated rings. The zero-order valence-corrected chi connectivity index (χ0v) is 20.3. The number of carboxylic acid groups (broad SMARTS) is 1. The van der Waals surface area contributed by atoms with Crippen LogP contribution < -0.4 is 16.2 Å². The number of thioether (sulfide) groups is 2. The summed E-state index contributed by atoms with van der Waals surface area (Å²) >= 11 is 2.78. The Hall–Kier alpha value is -2.06. The Morgan fingerprint density at radius 2 is 1.71 bits per heavy atom. The van der Waals surface area contributed by atoms with Crippen LogP contribution in [0.1, 0.15) is 12.8 Å². The fourth-order valence-electron chi connectivity index (χ4n) is 5.44. The molecule has 3 saturated heterocycles. The Morgan fingerprint density at radius 3 is 2.35 bits per heavy atom. The zero-order valence-electron chi connectivity index (χ0n) is 18.7. The summed E-state index contributed by atoms with van der Waals surface area (Å²) < 4.78 is 0.739. The van der Waals surface area contributed by atoms with Gasteiger partial charge in [-0.3, -0.25) is 24.2 Å². The van der Waals surface area contributed by atoms with Crippen LogP contribution in [0.15, 0.2) is 22.5 Å². The van der Waals surface area contributed by atoms with Crippen LogP contribution in [-0.4, -0.2) is 111 Å². The third-order valence-electron chi connectivity index (χ3n) is 7.24. The molecule has 5 heterocycles. The molecule has 4 N–H and O–H groups in total. The van der Waals surface area contributed by atoms with Crippen LogP contribution in [0.25, 0.3) is 0 Å². The lowest BCUT2D eigenvalue weighted by molar-refractivity contribution is -0.893. The lowest BCUT2D eigenvalue weighted by Crippen LogP contribution is -2.73. The Morgan fingerprint density at radius 1 is 1.09 bits per heavy atom. The number of amides is 3. The SMILES string of the molecule is C[N+]1(CC2=C(C(=O)[O-])N3C(=O)[C@@H](NC(=O)C4=C(CO)CS[C@@H]5[C@H](N)C(=O)N45)[C@H]3SC2)CCCC1. The normalized spacial score (nSPS) is 32.2. The second kappa shape index (κ2) is 8.55. The van der Waals surface area contributed by atoms with Crippen molar-refractivity contribution in [3.63, 3.8) is 0 Å². The molecule has 13 heteroatoms. The number of nitrogens with zero attached hydrogens (tertiary/aromatic N) is 3. The van der Waals surface area contributed by atoms with Crippen LogP contribution in [0, 0.1) is 0 Å². The highest BCUT2D eigenvalue weighted by Gasteiger charge is 2.56. The van der Waals surface area contributed by atoms with Gasteiger partial charge in [0.25, 0.3) is 11.8 Å². The van der Waals surface area contributed by atoms with Gasteiger partial charge in [0, 0.05) is 29.9 Å². The van der Waals surface area contributed by atoms with Crippen molar-refractivity contribution in [1.82, 2.24) is 15.1 Å². The average molecular weight is 510 g/mol. The van der Waals surface area contributed by atoms with E-state index in [0.717, 1.165) is 30.4 Å². The van der Waals surface area contributed by atoms with Crippen molar-refractivity contribution in [2.24, 2.45) is 5.73 Å². The predicted molar refractivity (Wildman–Crippen MR) is 122 cm³/mol. The minimum absolute atomic E-state index is 0.0350. The van der Waals surface area contributed by atoms with Gasteiger partial charge in [-0.15, -0.1) is 23.5 Å². The van der Waals surface area contributed by atoms with Crippen LogP contribution in [0.2, 0.25) is 0 Å². The smallest absolute Gasteiger partial charge is 0.268 e. The van der Waals surface area contributed by atoms with Crippen LogP contribution in [-0.2, 0) is 19.2 Å². The van der Waals surface area contributed by atoms with Crippen LogP contribution in [0.4, 0.5) is 0 Å². The molecule has 0 spiro atoms. The molecule has 5 aliphatic rings. The molecule has 4 atom stereocenters. The van der Waals surface area contributed by atoms with Crippen molar-refractivity contribution >= 4 is 47.2 Å². The van der Waals surface area contributed by atoms with Gasteiger partial charge in [-0.1, -0.05) is 0 Å². The number of likely N-dealkylation sites (N-methyl/N-ethyl adjacent to an activating group) is 1. The Balaban J connectivity index is 1.35. The molecule has 0 aromatic rings. The van der Waals surface area contributed by atoms with Gasteiger partial charge in [-0.05, 0) is 5.57 Å². The molecule has 11 nitrogen and oxygen atoms in total. The van der Waals surface area contributed by atoms with Gasteiger partial charge >= 0.3 is 0 Å². The first kappa shape index (κ1) is 23.7. The second-order valence-corrected chi connectivity index (χ2v) is 11.8. The third kappa shape index (κ3) is 3.56. The van der Waals surface area contributed by atoms with Gasteiger partial charge in [0.2, 0.25) is 5.91 Å². The first-order valence-corrected chi connectivity index (χ1v) is 13.3. The highest BCUT2D eigenvalue weighted by molar-refractivity contribution is 8.00. The highest BCUT2D eigenvalue weighted by Crippen LogP contribution is 2.42. The van der Waals surface area contributed by atoms with E-state index < -0.39 is 47.8 Å². The number of nitrogens with two attached hydrogens (primary N) is 1. The molecule has 34 heavy (non-hydrogen) atoms. The number of aliphatic carboxylic acids is 1. The summed E-state index contributed by atoms with van der Waals surface area (Å²) in [6, 6.07) is -1.65. The number of carbonyl (C=O) groups is 4. The van der Waals surface area contributed by atoms with Crippen molar-refractivity contribution in [1.29, 1.82) is 0 Å². The van der Waals surface area contributed by atoms with Gasteiger partial charge < -0.3 is 30.5 Å². The molecular weight excluding hydrogens is 482 g/mol. The number of rotatable bonds is 6. The molecule has 0 saturated carbocycles. The third-order valence-corrected chi connectivity index (χ3v) is 9.94. The molecule has 0 aromatic carbocycles. The second-order valence-electron chi connectivity index (χ2n) is 9.58. The molecule has 184 valence electrons. The molecule has 0 radical (unpaired) electrons. The fourth-order valence-corrected chi connectivity index (χ4v) is 8.06. The molecule has 0 aliphatic carbocycles. The van der Waals surface area contributed by atoms with Gasteiger partial charge in [-0.25, -0.2) is 0 Å². The maximum atomic E-state index is 13.1. The van der Waals surface area contributed by atoms with E-state index >= 15 is 0 Å². The van der Waals surface area contributed by atoms with E-state index in [1.165, 1.54) is 33.3 Å². The van der Waals surface area contributed by atoms with Gasteiger partial charge in [0.05, 0.1) is 38.4 Å². The first-order chi connectivity index (χ1) is 16.2. The van der Waals surface area contributed by atoms with Crippen molar-refractivity contribution in [2.45, 2.75) is 35.7 Å². The molecular formula is C21H27N5O6S2. The van der Waals surface area contributed by atoms with E-state index in [1.807, 2.05) is 0 Å².